The second-order valence-corrected chi connectivity index (χ2v) is 8.74. The Morgan fingerprint density at radius 2 is 1.81 bits per heavy atom. The largest absolute Gasteiger partial charge is 0.461 e. The van der Waals surface area contributed by atoms with E-state index in [2.05, 4.69) is 26.2 Å². The molecule has 1 saturated heterocycles. The summed E-state index contributed by atoms with van der Waals surface area (Å²) in [5.74, 6) is -0.506. The van der Waals surface area contributed by atoms with Crippen LogP contribution in [0.4, 0.5) is 5.69 Å². The molecular formula is C21H19BrN2O3. The molecule has 6 heteroatoms. The first-order chi connectivity index (χ1) is 13.1. The van der Waals surface area contributed by atoms with Gasteiger partial charge in [-0.3, -0.25) is 14.6 Å². The van der Waals surface area contributed by atoms with Gasteiger partial charge < -0.3 is 10.1 Å². The summed E-state index contributed by atoms with van der Waals surface area (Å²) in [6, 6.07) is 11.9. The highest BCUT2D eigenvalue weighted by Crippen LogP contribution is 2.60. The molecule has 3 fully saturated rings. The second kappa shape index (κ2) is 6.44. The van der Waals surface area contributed by atoms with Gasteiger partial charge in [-0.2, -0.15) is 0 Å². The van der Waals surface area contributed by atoms with Gasteiger partial charge in [0.15, 0.2) is 0 Å². The van der Waals surface area contributed by atoms with Crippen LogP contribution in [0.3, 0.4) is 0 Å². The van der Waals surface area contributed by atoms with Crippen LogP contribution in [0, 0.1) is 23.7 Å². The summed E-state index contributed by atoms with van der Waals surface area (Å²) in [5, 5.41) is 3.01. The number of ether oxygens (including phenoxy) is 1. The van der Waals surface area contributed by atoms with Crippen LogP contribution >= 0.6 is 15.9 Å². The molecular weight excluding hydrogens is 408 g/mol. The third-order valence-electron chi connectivity index (χ3n) is 6.20. The fourth-order valence-corrected chi connectivity index (χ4v) is 6.04. The number of esters is 1. The first kappa shape index (κ1) is 16.9. The van der Waals surface area contributed by atoms with Crippen LogP contribution in [-0.2, 0) is 20.7 Å². The monoisotopic (exact) mass is 426 g/mol. The summed E-state index contributed by atoms with van der Waals surface area (Å²) >= 11 is 3.65. The van der Waals surface area contributed by atoms with Crippen molar-refractivity contribution in [2.75, 3.05) is 5.32 Å². The maximum Gasteiger partial charge on any atom is 0.310 e. The van der Waals surface area contributed by atoms with Crippen LogP contribution in [0.2, 0.25) is 0 Å². The number of aromatic nitrogens is 1. The molecule has 6 atom stereocenters. The van der Waals surface area contributed by atoms with Crippen molar-refractivity contribution in [1.82, 2.24) is 4.98 Å². The lowest BCUT2D eigenvalue weighted by molar-refractivity contribution is -0.145. The van der Waals surface area contributed by atoms with Crippen LogP contribution in [0.5, 0.6) is 0 Å². The molecule has 5 rings (SSSR count). The molecule has 138 valence electrons. The van der Waals surface area contributed by atoms with Crippen molar-refractivity contribution >= 4 is 33.5 Å². The number of amides is 1. The second-order valence-electron chi connectivity index (χ2n) is 7.68. The molecule has 2 bridgehead atoms. The van der Waals surface area contributed by atoms with Gasteiger partial charge in [0.25, 0.3) is 0 Å². The number of anilines is 1. The Bertz CT molecular complexity index is 886. The van der Waals surface area contributed by atoms with E-state index in [0.717, 1.165) is 18.5 Å². The van der Waals surface area contributed by atoms with Gasteiger partial charge in [0.05, 0.1) is 16.7 Å². The summed E-state index contributed by atoms with van der Waals surface area (Å²) < 4.78 is 5.48. The fraction of sp³-hybridized carbons (Fsp3) is 0.381. The van der Waals surface area contributed by atoms with Gasteiger partial charge in [0, 0.05) is 24.0 Å². The Kier molecular flexibility index (Phi) is 4.04. The molecule has 2 aromatic rings. The number of fused-ring (bicyclic) bond motifs is 1. The number of hydrogen-bond donors (Lipinski definition) is 1. The number of benzene rings is 1. The highest BCUT2D eigenvalue weighted by Gasteiger charge is 2.67. The summed E-state index contributed by atoms with van der Waals surface area (Å²) in [4.78, 5) is 29.2. The van der Waals surface area contributed by atoms with E-state index in [1.54, 1.807) is 12.4 Å². The fourth-order valence-electron chi connectivity index (χ4n) is 5.00. The third-order valence-corrected chi connectivity index (χ3v) is 7.40. The zero-order valence-corrected chi connectivity index (χ0v) is 16.1. The molecule has 5 nitrogen and oxygen atoms in total. The minimum Gasteiger partial charge on any atom is -0.461 e. The molecule has 1 amide bonds. The van der Waals surface area contributed by atoms with Gasteiger partial charge in [-0.25, -0.2) is 0 Å². The molecule has 3 aliphatic rings. The molecule has 2 saturated carbocycles. The number of carbonyl (C=O) groups excluding carboxylic acids is 2. The van der Waals surface area contributed by atoms with Gasteiger partial charge in [0.2, 0.25) is 5.91 Å². The van der Waals surface area contributed by atoms with Crippen molar-refractivity contribution < 1.29 is 14.3 Å². The zero-order chi connectivity index (χ0) is 18.5. The number of nitrogens with zero attached hydrogens (tertiary/aromatic N) is 1. The normalized spacial score (nSPS) is 33.1. The molecule has 0 radical (unpaired) electrons. The lowest BCUT2D eigenvalue weighted by Gasteiger charge is -2.27. The van der Waals surface area contributed by atoms with Crippen LogP contribution < -0.4 is 5.32 Å². The number of hydrogen-bond acceptors (Lipinski definition) is 4. The Balaban J connectivity index is 1.28. The van der Waals surface area contributed by atoms with Crippen molar-refractivity contribution in [3.05, 3.63) is 59.9 Å². The molecule has 0 unspecified atom stereocenters. The first-order valence-electron chi connectivity index (χ1n) is 9.25. The standard InChI is InChI=1S/C21H19BrN2O3/c22-18-14-10-15-17(21(26)27-19(15)18)16(14)20(25)24-13-3-1-11(2-4-13)9-12-5-7-23-8-6-12/h1-8,14-19H,9-10H2,(H,24,25)/t14-,15-,16-,17-,18-,19+/m1/s1. The summed E-state index contributed by atoms with van der Waals surface area (Å²) in [5.41, 5.74) is 3.12. The predicted molar refractivity (Wildman–Crippen MR) is 103 cm³/mol. The Morgan fingerprint density at radius 3 is 2.56 bits per heavy atom. The topological polar surface area (TPSA) is 68.3 Å². The minimum absolute atomic E-state index is 0.0518. The van der Waals surface area contributed by atoms with Gasteiger partial charge >= 0.3 is 5.97 Å². The molecule has 1 aromatic heterocycles. The highest BCUT2D eigenvalue weighted by atomic mass is 79.9. The van der Waals surface area contributed by atoms with Crippen LogP contribution in [-0.4, -0.2) is 27.8 Å². The van der Waals surface area contributed by atoms with Crippen molar-refractivity contribution in [3.8, 4) is 0 Å². The van der Waals surface area contributed by atoms with Gasteiger partial charge in [-0.05, 0) is 54.2 Å². The smallest absolute Gasteiger partial charge is 0.310 e. The zero-order valence-electron chi connectivity index (χ0n) is 14.5. The van der Waals surface area contributed by atoms with Crippen LogP contribution in [0.1, 0.15) is 17.5 Å². The minimum atomic E-state index is -0.304. The van der Waals surface area contributed by atoms with Gasteiger partial charge in [-0.1, -0.05) is 28.1 Å². The lowest BCUT2D eigenvalue weighted by Crippen LogP contribution is -2.40. The molecule has 1 aliphatic heterocycles. The number of rotatable bonds is 4. The average Bonchev–Trinajstić information content (AvgIpc) is 3.28. The van der Waals surface area contributed by atoms with Crippen molar-refractivity contribution in [2.45, 2.75) is 23.8 Å². The molecule has 27 heavy (non-hydrogen) atoms. The van der Waals surface area contributed by atoms with E-state index >= 15 is 0 Å². The van der Waals surface area contributed by atoms with Crippen molar-refractivity contribution in [3.63, 3.8) is 0 Å². The summed E-state index contributed by atoms with van der Waals surface area (Å²) in [6.45, 7) is 0. The van der Waals surface area contributed by atoms with Gasteiger partial charge in [0.1, 0.15) is 6.10 Å². The van der Waals surface area contributed by atoms with Crippen LogP contribution in [0.25, 0.3) is 0 Å². The van der Waals surface area contributed by atoms with Crippen molar-refractivity contribution in [2.24, 2.45) is 23.7 Å². The van der Waals surface area contributed by atoms with Gasteiger partial charge in [-0.15, -0.1) is 0 Å². The SMILES string of the molecule is O=C(Nc1ccc(Cc2ccncc2)cc1)[C@@H]1[C@H]2C[C@H]3[C@H](OC(=O)[C@H]31)[C@@H]2Br. The summed E-state index contributed by atoms with van der Waals surface area (Å²) in [7, 11) is 0. The predicted octanol–water partition coefficient (Wildman–Crippen LogP) is 3.18. The first-order valence-corrected chi connectivity index (χ1v) is 10.2. The number of alkyl halides is 1. The number of nitrogens with one attached hydrogen (secondary N) is 1. The Morgan fingerprint density at radius 1 is 1.11 bits per heavy atom. The lowest BCUT2D eigenvalue weighted by atomic mass is 9.79. The third kappa shape index (κ3) is 2.78. The average molecular weight is 427 g/mol. The van der Waals surface area contributed by atoms with E-state index in [-0.39, 0.29) is 46.5 Å². The van der Waals surface area contributed by atoms with E-state index < -0.39 is 0 Å². The van der Waals surface area contributed by atoms with E-state index in [4.69, 9.17) is 4.74 Å². The highest BCUT2D eigenvalue weighted by molar-refractivity contribution is 9.09. The molecule has 0 spiro atoms. The maximum atomic E-state index is 12.9. The van der Waals surface area contributed by atoms with E-state index in [1.165, 1.54) is 11.1 Å². The van der Waals surface area contributed by atoms with E-state index in [1.807, 2.05) is 36.4 Å². The van der Waals surface area contributed by atoms with Crippen molar-refractivity contribution in [1.29, 1.82) is 0 Å². The molecule has 2 heterocycles. The quantitative estimate of drug-likeness (QED) is 0.601. The Hall–Kier alpha value is -2.21. The summed E-state index contributed by atoms with van der Waals surface area (Å²) in [6.07, 6.45) is 5.23. The number of pyridine rings is 1. The molecule has 1 aromatic carbocycles. The Labute approximate surface area is 165 Å². The van der Waals surface area contributed by atoms with E-state index in [9.17, 15) is 9.59 Å². The number of halogens is 1. The number of carbonyl (C=O) groups is 2. The van der Waals surface area contributed by atoms with Crippen LogP contribution in [0.15, 0.2) is 48.8 Å². The molecule has 2 aliphatic carbocycles. The maximum absolute atomic E-state index is 12.9. The van der Waals surface area contributed by atoms with E-state index in [0.29, 0.717) is 0 Å². The molecule has 1 N–H and O–H groups in total.